The van der Waals surface area contributed by atoms with Crippen LogP contribution in [0, 0.1) is 0 Å². The van der Waals surface area contributed by atoms with Crippen LogP contribution in [0.15, 0.2) is 4.99 Å². The Morgan fingerprint density at radius 1 is 1.18 bits per heavy atom. The van der Waals surface area contributed by atoms with Crippen LogP contribution in [-0.4, -0.2) is 23.2 Å². The van der Waals surface area contributed by atoms with Crippen molar-refractivity contribution in [2.45, 2.75) is 64.3 Å². The van der Waals surface area contributed by atoms with Crippen molar-refractivity contribution in [3.8, 4) is 0 Å². The van der Waals surface area contributed by atoms with Gasteiger partial charge in [0.2, 0.25) is 6.08 Å². The molecule has 5 heteroatoms. The average Bonchev–Trinajstić information content (AvgIpc) is 2.22. The van der Waals surface area contributed by atoms with Gasteiger partial charge >= 0.3 is 5.97 Å². The molecule has 0 heterocycles. The van der Waals surface area contributed by atoms with E-state index in [0.29, 0.717) is 0 Å². The fourth-order valence-corrected chi connectivity index (χ4v) is 1.58. The van der Waals surface area contributed by atoms with Crippen LogP contribution in [0.1, 0.15) is 58.3 Å². The van der Waals surface area contributed by atoms with Gasteiger partial charge in [0.15, 0.2) is 0 Å². The molecule has 0 aliphatic rings. The molecule has 0 aliphatic heterocycles. The molecule has 0 saturated heterocycles. The normalized spacial score (nSPS) is 11.1. The molecular weight excluding hydrogens is 242 g/mol. The van der Waals surface area contributed by atoms with Gasteiger partial charge in [-0.25, -0.2) is 9.79 Å². The molecule has 0 spiro atoms. The van der Waals surface area contributed by atoms with E-state index in [2.05, 4.69) is 4.99 Å². The molecule has 0 amide bonds. The topological polar surface area (TPSA) is 66.7 Å². The second kappa shape index (κ2) is 13.2. The largest absolute Gasteiger partial charge is 0.481 e. The highest BCUT2D eigenvalue weighted by Crippen LogP contribution is 2.10. The van der Waals surface area contributed by atoms with Gasteiger partial charge in [0.1, 0.15) is 0 Å². The van der Waals surface area contributed by atoms with Crippen LogP contribution in [0.2, 0.25) is 0 Å². The van der Waals surface area contributed by atoms with E-state index in [1.165, 1.54) is 0 Å². The molecule has 0 aromatic rings. The molecule has 0 radical (unpaired) electrons. The van der Waals surface area contributed by atoms with Crippen LogP contribution in [-0.2, 0) is 9.59 Å². The molecule has 100 valence electrons. The fraction of sp³-hybridized carbons (Fsp3) is 0.833. The van der Waals surface area contributed by atoms with E-state index in [9.17, 15) is 9.59 Å². The first-order valence-corrected chi connectivity index (χ1v) is 5.95. The minimum atomic E-state index is -0.708. The predicted molar refractivity (Wildman–Crippen MR) is 69.4 cm³/mol. The minimum Gasteiger partial charge on any atom is -0.481 e. The minimum absolute atomic E-state index is 0. The third-order valence-electron chi connectivity index (χ3n) is 2.54. The van der Waals surface area contributed by atoms with Crippen LogP contribution >= 0.6 is 12.4 Å². The number of carboxylic acids is 1. The van der Waals surface area contributed by atoms with Gasteiger partial charge in [-0.15, -0.1) is 12.4 Å². The number of unbranched alkanes of at least 4 members (excludes halogenated alkanes) is 5. The molecule has 0 bridgehead atoms. The maximum Gasteiger partial charge on any atom is 0.303 e. The number of carbonyl (C=O) groups excluding carboxylic acids is 1. The number of carbonyl (C=O) groups is 1. The monoisotopic (exact) mass is 263 g/mol. The van der Waals surface area contributed by atoms with Crippen molar-refractivity contribution in [3.63, 3.8) is 0 Å². The molecule has 1 unspecified atom stereocenters. The second-order valence-electron chi connectivity index (χ2n) is 4.12. The van der Waals surface area contributed by atoms with E-state index in [4.69, 9.17) is 5.11 Å². The van der Waals surface area contributed by atoms with Crippen LogP contribution in [0.4, 0.5) is 0 Å². The molecule has 0 fully saturated rings. The number of rotatable bonds is 10. The third-order valence-corrected chi connectivity index (χ3v) is 2.54. The summed E-state index contributed by atoms with van der Waals surface area (Å²) in [4.78, 5) is 23.8. The number of isocyanates is 1. The number of hydrogen-bond acceptors (Lipinski definition) is 3. The standard InChI is InChI=1S/C12H21NO3.ClH/c1-11(13-10-14)8-6-4-2-3-5-7-9-12(15)16;/h11H,2-9H2,1H3,(H,15,16);1H. The first-order valence-electron chi connectivity index (χ1n) is 5.95. The first-order chi connectivity index (χ1) is 7.66. The van der Waals surface area contributed by atoms with E-state index in [0.717, 1.165) is 44.9 Å². The lowest BCUT2D eigenvalue weighted by atomic mass is 10.1. The number of hydrogen-bond donors (Lipinski definition) is 1. The quantitative estimate of drug-likeness (QED) is 0.373. The van der Waals surface area contributed by atoms with Gasteiger partial charge in [0, 0.05) is 6.42 Å². The molecular formula is C12H22ClNO3. The van der Waals surface area contributed by atoms with Crippen LogP contribution in [0.25, 0.3) is 0 Å². The number of aliphatic imine (C=N–C) groups is 1. The van der Waals surface area contributed by atoms with Crippen LogP contribution in [0.5, 0.6) is 0 Å². The Morgan fingerprint density at radius 2 is 1.71 bits per heavy atom. The smallest absolute Gasteiger partial charge is 0.303 e. The van der Waals surface area contributed by atoms with Crippen molar-refractivity contribution in [2.24, 2.45) is 4.99 Å². The Hall–Kier alpha value is -0.860. The molecule has 0 aromatic carbocycles. The summed E-state index contributed by atoms with van der Waals surface area (Å²) in [7, 11) is 0. The highest BCUT2D eigenvalue weighted by molar-refractivity contribution is 5.85. The molecule has 1 N–H and O–H groups in total. The zero-order chi connectivity index (χ0) is 12.2. The zero-order valence-corrected chi connectivity index (χ0v) is 11.2. The average molecular weight is 264 g/mol. The number of aliphatic carboxylic acids is 1. The lowest BCUT2D eigenvalue weighted by Gasteiger charge is -2.03. The second-order valence-corrected chi connectivity index (χ2v) is 4.12. The summed E-state index contributed by atoms with van der Waals surface area (Å²) in [5.41, 5.74) is 0. The Kier molecular flexibility index (Phi) is 14.4. The lowest BCUT2D eigenvalue weighted by Crippen LogP contribution is -1.96. The molecule has 17 heavy (non-hydrogen) atoms. The Labute approximate surface area is 109 Å². The summed E-state index contributed by atoms with van der Waals surface area (Å²) in [6.07, 6.45) is 8.99. The zero-order valence-electron chi connectivity index (χ0n) is 10.4. The van der Waals surface area contributed by atoms with Crippen molar-refractivity contribution >= 4 is 24.5 Å². The summed E-state index contributed by atoms with van der Waals surface area (Å²) in [6.45, 7) is 1.91. The molecule has 4 nitrogen and oxygen atoms in total. The van der Waals surface area contributed by atoms with Crippen molar-refractivity contribution in [2.75, 3.05) is 0 Å². The lowest BCUT2D eigenvalue weighted by molar-refractivity contribution is -0.137. The number of halogens is 1. The van der Waals surface area contributed by atoms with E-state index in [1.807, 2.05) is 6.92 Å². The van der Waals surface area contributed by atoms with Gasteiger partial charge in [-0.05, 0) is 19.8 Å². The molecule has 1 atom stereocenters. The third kappa shape index (κ3) is 15.1. The Bertz CT molecular complexity index is 240. The highest BCUT2D eigenvalue weighted by atomic mass is 35.5. The van der Waals surface area contributed by atoms with Crippen LogP contribution < -0.4 is 0 Å². The van der Waals surface area contributed by atoms with Crippen molar-refractivity contribution in [3.05, 3.63) is 0 Å². The molecule has 0 aromatic heterocycles. The molecule has 0 aliphatic carbocycles. The fourth-order valence-electron chi connectivity index (χ4n) is 1.58. The highest BCUT2D eigenvalue weighted by Gasteiger charge is 1.99. The summed E-state index contributed by atoms with van der Waals surface area (Å²) in [6, 6.07) is 0.0875. The predicted octanol–water partition coefficient (Wildman–Crippen LogP) is 3.34. The van der Waals surface area contributed by atoms with Crippen molar-refractivity contribution in [1.82, 2.24) is 0 Å². The van der Waals surface area contributed by atoms with Gasteiger partial charge in [0.25, 0.3) is 0 Å². The summed E-state index contributed by atoms with van der Waals surface area (Å²) >= 11 is 0. The van der Waals surface area contributed by atoms with E-state index >= 15 is 0 Å². The Morgan fingerprint density at radius 3 is 2.24 bits per heavy atom. The van der Waals surface area contributed by atoms with E-state index < -0.39 is 5.97 Å². The van der Waals surface area contributed by atoms with Gasteiger partial charge in [-0.1, -0.05) is 32.1 Å². The first kappa shape index (κ1) is 18.5. The van der Waals surface area contributed by atoms with Crippen molar-refractivity contribution < 1.29 is 14.7 Å². The molecule has 0 saturated carbocycles. The molecule has 0 rings (SSSR count). The number of nitrogens with zero attached hydrogens (tertiary/aromatic N) is 1. The SMILES string of the molecule is CC(CCCCCCCCC(=O)O)N=C=O.Cl. The van der Waals surface area contributed by atoms with E-state index in [1.54, 1.807) is 6.08 Å². The van der Waals surface area contributed by atoms with Crippen molar-refractivity contribution in [1.29, 1.82) is 0 Å². The number of carboxylic acid groups (broad SMARTS) is 1. The summed E-state index contributed by atoms with van der Waals surface area (Å²) in [5.74, 6) is -0.708. The maximum absolute atomic E-state index is 10.2. The van der Waals surface area contributed by atoms with Gasteiger partial charge < -0.3 is 5.11 Å². The summed E-state index contributed by atoms with van der Waals surface area (Å²) in [5, 5.41) is 8.42. The maximum atomic E-state index is 10.2. The van der Waals surface area contributed by atoms with Gasteiger partial charge in [0.05, 0.1) is 6.04 Å². The van der Waals surface area contributed by atoms with Gasteiger partial charge in [-0.2, -0.15) is 0 Å². The van der Waals surface area contributed by atoms with E-state index in [-0.39, 0.29) is 24.9 Å². The Balaban J connectivity index is 0. The van der Waals surface area contributed by atoms with Gasteiger partial charge in [-0.3, -0.25) is 4.79 Å². The summed E-state index contributed by atoms with van der Waals surface area (Å²) < 4.78 is 0. The van der Waals surface area contributed by atoms with Crippen LogP contribution in [0.3, 0.4) is 0 Å².